The largest absolute Gasteiger partial charge is 2.00 e. The molecule has 0 saturated heterocycles. The monoisotopic (exact) mass is 178 g/mol. The normalized spacial score (nSPS) is 3.20. The topological polar surface area (TPSA) is 0 Å². The summed E-state index contributed by atoms with van der Waals surface area (Å²) in [5, 5.41) is 0. The summed E-state index contributed by atoms with van der Waals surface area (Å²) in [6, 6.07) is 0. The van der Waals surface area contributed by atoms with Crippen LogP contribution in [0.15, 0.2) is 0 Å². The van der Waals surface area contributed by atoms with Crippen molar-refractivity contribution in [3.63, 3.8) is 0 Å². The van der Waals surface area contributed by atoms with E-state index < -0.39 is 0 Å². The summed E-state index contributed by atoms with van der Waals surface area (Å²) in [7, 11) is 9.00. The van der Waals surface area contributed by atoms with Gasteiger partial charge in [-0.15, -0.1) is 0 Å². The molecule has 0 unspecified atom stereocenters. The van der Waals surface area contributed by atoms with Crippen LogP contribution in [-0.4, -0.2) is 15.7 Å². The molecular formula is CHB2BrZn. The van der Waals surface area contributed by atoms with E-state index >= 15 is 0 Å². The molecule has 0 amide bonds. The van der Waals surface area contributed by atoms with Crippen LogP contribution < -0.4 is 17.0 Å². The minimum atomic E-state index is 0. The fourth-order valence-corrected chi connectivity index (χ4v) is 0. The van der Waals surface area contributed by atoms with Crippen LogP contribution in [0.5, 0.6) is 0 Å². The molecule has 0 aliphatic heterocycles. The third-order valence-corrected chi connectivity index (χ3v) is 0. The Balaban J connectivity index is -0.0000000200. The van der Waals surface area contributed by atoms with Crippen LogP contribution in [0.2, 0.25) is 0 Å². The average Bonchev–Trinajstić information content (AvgIpc) is 0.918. The maximum absolute atomic E-state index is 4.50. The van der Waals surface area contributed by atoms with Crippen molar-refractivity contribution < 1.29 is 36.5 Å². The van der Waals surface area contributed by atoms with Crippen molar-refractivity contribution >= 4 is 15.7 Å². The molecule has 0 N–H and O–H groups in total. The first-order chi connectivity index (χ1) is 1.41. The zero-order valence-corrected chi connectivity index (χ0v) is 7.37. The van der Waals surface area contributed by atoms with Crippen molar-refractivity contribution in [1.82, 2.24) is 0 Å². The molecule has 0 fully saturated rings. The predicted octanol–water partition coefficient (Wildman–Crippen LogP) is -3.56. The summed E-state index contributed by atoms with van der Waals surface area (Å²) < 4.78 is 0. The Morgan fingerprint density at radius 2 is 1.20 bits per heavy atom. The summed E-state index contributed by atoms with van der Waals surface area (Å²) in [5.74, 6) is 0. The molecular weight excluding hydrogens is 179 g/mol. The van der Waals surface area contributed by atoms with E-state index in [1.807, 2.05) is 0 Å². The zero-order chi connectivity index (χ0) is 2.71. The fourth-order valence-electron chi connectivity index (χ4n) is 0. The van der Waals surface area contributed by atoms with Crippen molar-refractivity contribution in [3.8, 4) is 0 Å². The molecule has 0 aliphatic rings. The van der Waals surface area contributed by atoms with E-state index in [1.54, 1.807) is 0 Å². The van der Waals surface area contributed by atoms with Gasteiger partial charge in [-0.2, -0.15) is 15.7 Å². The standard InChI is InChI=1S/CHB2.BrH.Zn/c2-1-3;;/h1H;1H;/q-1;;+2/p-1. The van der Waals surface area contributed by atoms with Gasteiger partial charge in [0.1, 0.15) is 0 Å². The van der Waals surface area contributed by atoms with Crippen LogP contribution in [-0.2, 0) is 19.5 Å². The average molecular weight is 180 g/mol. The van der Waals surface area contributed by atoms with Gasteiger partial charge in [0.05, 0.1) is 0 Å². The molecule has 0 nitrogen and oxygen atoms in total. The minimum absolute atomic E-state index is 0. The van der Waals surface area contributed by atoms with Crippen LogP contribution in [0.4, 0.5) is 0 Å². The molecule has 0 saturated carbocycles. The molecule has 0 aliphatic carbocycles. The van der Waals surface area contributed by atoms with Crippen molar-refractivity contribution in [2.45, 2.75) is 0 Å². The van der Waals surface area contributed by atoms with Gasteiger partial charge in [-0.3, -0.25) is 0 Å². The second-order valence-corrected chi connectivity index (χ2v) is 0.192. The van der Waals surface area contributed by atoms with Crippen LogP contribution >= 0.6 is 0 Å². The number of hydrogen-bond acceptors (Lipinski definition) is 0. The van der Waals surface area contributed by atoms with E-state index in [2.05, 4.69) is 15.7 Å². The Morgan fingerprint density at radius 1 is 1.20 bits per heavy atom. The van der Waals surface area contributed by atoms with Gasteiger partial charge in [0.25, 0.3) is 0 Å². The molecule has 0 aromatic heterocycles. The van der Waals surface area contributed by atoms with Crippen molar-refractivity contribution in [2.24, 2.45) is 0 Å². The third-order valence-electron chi connectivity index (χ3n) is 0. The summed E-state index contributed by atoms with van der Waals surface area (Å²) in [6.45, 7) is 0. The molecule has 0 aromatic carbocycles. The summed E-state index contributed by atoms with van der Waals surface area (Å²) in [4.78, 5) is 0. The molecule has 20 valence electrons. The fraction of sp³-hybridized carbons (Fsp3) is 0. The molecule has 0 aromatic rings. The van der Waals surface area contributed by atoms with Gasteiger partial charge >= 0.3 is 19.5 Å². The maximum atomic E-state index is 4.50. The van der Waals surface area contributed by atoms with Gasteiger partial charge in [-0.05, 0) is 0 Å². The number of rotatable bonds is 0. The van der Waals surface area contributed by atoms with Crippen LogP contribution in [0.3, 0.4) is 0 Å². The second kappa shape index (κ2) is 18.8. The molecule has 0 heterocycles. The Morgan fingerprint density at radius 3 is 1.20 bits per heavy atom. The summed E-state index contributed by atoms with van der Waals surface area (Å²) in [5.41, 5.74) is 0. The Hall–Kier alpha value is 1.23. The van der Waals surface area contributed by atoms with Gasteiger partial charge in [-0.1, -0.05) is 0 Å². The molecule has 0 bridgehead atoms. The van der Waals surface area contributed by atoms with Crippen LogP contribution in [0.1, 0.15) is 0 Å². The Bertz CT molecular complexity index is 9.61. The van der Waals surface area contributed by atoms with Gasteiger partial charge in [0.2, 0.25) is 0 Å². The molecule has 0 rings (SSSR count). The second-order valence-electron chi connectivity index (χ2n) is 0.192. The zero-order valence-electron chi connectivity index (χ0n) is 2.82. The first-order valence-corrected chi connectivity index (χ1v) is 0.667. The minimum Gasteiger partial charge on any atom is -1.00 e. The van der Waals surface area contributed by atoms with Crippen molar-refractivity contribution in [2.75, 3.05) is 0 Å². The van der Waals surface area contributed by atoms with Crippen LogP contribution in [0, 0.1) is 6.22 Å². The molecule has 4 radical (unpaired) electrons. The van der Waals surface area contributed by atoms with E-state index in [1.165, 1.54) is 0 Å². The van der Waals surface area contributed by atoms with Gasteiger partial charge in [-0.25, -0.2) is 0 Å². The molecule has 0 spiro atoms. The first-order valence-electron chi connectivity index (χ1n) is 0.667. The summed E-state index contributed by atoms with van der Waals surface area (Å²) in [6.07, 6.45) is 1.00. The van der Waals surface area contributed by atoms with Gasteiger partial charge in [0, 0.05) is 0 Å². The van der Waals surface area contributed by atoms with Crippen molar-refractivity contribution in [3.05, 3.63) is 6.22 Å². The van der Waals surface area contributed by atoms with Crippen molar-refractivity contribution in [1.29, 1.82) is 0 Å². The van der Waals surface area contributed by atoms with Gasteiger partial charge in [0.15, 0.2) is 0 Å². The summed E-state index contributed by atoms with van der Waals surface area (Å²) >= 11 is 0. The quantitative estimate of drug-likeness (QED) is 0.267. The Labute approximate surface area is 58.4 Å². The van der Waals surface area contributed by atoms with E-state index in [9.17, 15) is 0 Å². The predicted molar refractivity (Wildman–Crippen MR) is 15.8 cm³/mol. The molecule has 0 atom stereocenters. The molecule has 5 heavy (non-hydrogen) atoms. The van der Waals surface area contributed by atoms with E-state index in [0.29, 0.717) is 0 Å². The Kier molecular flexibility index (Phi) is 61.4. The smallest absolute Gasteiger partial charge is 1.00 e. The third kappa shape index (κ3) is 36.0. The molecule has 4 heteroatoms. The first kappa shape index (κ1) is 16.3. The number of halogens is 1. The van der Waals surface area contributed by atoms with Crippen LogP contribution in [0.25, 0.3) is 0 Å². The number of hydrogen-bond donors (Lipinski definition) is 0. The van der Waals surface area contributed by atoms with E-state index in [4.69, 9.17) is 0 Å². The van der Waals surface area contributed by atoms with Gasteiger partial charge < -0.3 is 23.2 Å². The maximum Gasteiger partial charge on any atom is 2.00 e. The van der Waals surface area contributed by atoms with E-state index in [0.717, 1.165) is 6.22 Å². The van der Waals surface area contributed by atoms with E-state index in [-0.39, 0.29) is 36.5 Å². The SMILES string of the molecule is [B][CH-][B].[Br-].[Zn+2].